The summed E-state index contributed by atoms with van der Waals surface area (Å²) in [5.41, 5.74) is 1.26. The lowest BCUT2D eigenvalue weighted by atomic mass is 10.1. The van der Waals surface area contributed by atoms with Crippen molar-refractivity contribution in [2.24, 2.45) is 0 Å². The van der Waals surface area contributed by atoms with Crippen molar-refractivity contribution in [3.8, 4) is 11.8 Å². The number of nitrogens with one attached hydrogen (secondary N) is 1. The molecule has 0 radical (unpaired) electrons. The van der Waals surface area contributed by atoms with E-state index in [4.69, 9.17) is 5.11 Å². The molecule has 5 heteroatoms. The summed E-state index contributed by atoms with van der Waals surface area (Å²) in [6, 6.07) is 4.80. The number of hydrogen-bond acceptors (Lipinski definition) is 3. The van der Waals surface area contributed by atoms with Crippen LogP contribution in [0.1, 0.15) is 17.5 Å². The Labute approximate surface area is 117 Å². The molecule has 1 heterocycles. The number of carbonyl (C=O) groups excluding carboxylic acids is 1. The van der Waals surface area contributed by atoms with Crippen molar-refractivity contribution >= 4 is 5.91 Å². The third-order valence-electron chi connectivity index (χ3n) is 3.01. The second-order valence-electron chi connectivity index (χ2n) is 4.65. The minimum atomic E-state index is -0.365. The van der Waals surface area contributed by atoms with Gasteiger partial charge in [0.1, 0.15) is 5.82 Å². The maximum absolute atomic E-state index is 13.6. The molecule has 20 heavy (non-hydrogen) atoms. The number of benzene rings is 1. The molecule has 1 saturated heterocycles. The molecule has 1 aliphatic rings. The van der Waals surface area contributed by atoms with Gasteiger partial charge < -0.3 is 10.4 Å². The highest BCUT2D eigenvalue weighted by atomic mass is 19.1. The minimum absolute atomic E-state index is 0.0151. The van der Waals surface area contributed by atoms with Crippen LogP contribution in [0.2, 0.25) is 0 Å². The molecule has 1 aromatic carbocycles. The number of hydrogen-bond donors (Lipinski definition) is 2. The fourth-order valence-electron chi connectivity index (χ4n) is 2.06. The van der Waals surface area contributed by atoms with Gasteiger partial charge in [-0.3, -0.25) is 9.69 Å². The van der Waals surface area contributed by atoms with Crippen LogP contribution in [0, 0.1) is 17.7 Å². The first kappa shape index (κ1) is 14.5. The summed E-state index contributed by atoms with van der Waals surface area (Å²) >= 11 is 0. The van der Waals surface area contributed by atoms with Crippen molar-refractivity contribution in [1.82, 2.24) is 10.2 Å². The number of piperazine rings is 1. The van der Waals surface area contributed by atoms with Gasteiger partial charge in [0, 0.05) is 26.1 Å². The molecule has 0 bridgehead atoms. The van der Waals surface area contributed by atoms with Gasteiger partial charge in [-0.1, -0.05) is 17.9 Å². The number of rotatable bonds is 3. The average molecular weight is 276 g/mol. The molecule has 0 aromatic heterocycles. The first-order valence-electron chi connectivity index (χ1n) is 6.56. The average Bonchev–Trinajstić information content (AvgIpc) is 2.42. The van der Waals surface area contributed by atoms with Crippen LogP contribution >= 0.6 is 0 Å². The van der Waals surface area contributed by atoms with Gasteiger partial charge in [0.25, 0.3) is 0 Å². The molecule has 106 valence electrons. The van der Waals surface area contributed by atoms with Crippen LogP contribution in [0.15, 0.2) is 18.2 Å². The van der Waals surface area contributed by atoms with Gasteiger partial charge in [-0.15, -0.1) is 0 Å². The Hall–Kier alpha value is -1.90. The Morgan fingerprint density at radius 3 is 3.05 bits per heavy atom. The Balaban J connectivity index is 2.07. The zero-order valence-corrected chi connectivity index (χ0v) is 11.2. The number of amides is 1. The second-order valence-corrected chi connectivity index (χ2v) is 4.65. The summed E-state index contributed by atoms with van der Waals surface area (Å²) in [6.07, 6.45) is 0.329. The second kappa shape index (κ2) is 7.04. The molecule has 0 atom stereocenters. The first-order chi connectivity index (χ1) is 9.69. The van der Waals surface area contributed by atoms with E-state index in [0.717, 1.165) is 12.1 Å². The Morgan fingerprint density at radius 2 is 2.30 bits per heavy atom. The van der Waals surface area contributed by atoms with Crippen LogP contribution in [-0.4, -0.2) is 42.2 Å². The molecule has 1 amide bonds. The summed E-state index contributed by atoms with van der Waals surface area (Å²) in [7, 11) is 0. The smallest absolute Gasteiger partial charge is 0.234 e. The van der Waals surface area contributed by atoms with Crippen LogP contribution in [-0.2, 0) is 11.3 Å². The lowest BCUT2D eigenvalue weighted by molar-refractivity contribution is -0.124. The van der Waals surface area contributed by atoms with Crippen LogP contribution in [0.3, 0.4) is 0 Å². The molecule has 2 rings (SSSR count). The van der Waals surface area contributed by atoms with E-state index in [0.29, 0.717) is 31.6 Å². The molecule has 0 unspecified atom stereocenters. The van der Waals surface area contributed by atoms with E-state index in [1.165, 1.54) is 6.07 Å². The summed E-state index contributed by atoms with van der Waals surface area (Å²) < 4.78 is 13.6. The fraction of sp³-hybridized carbons (Fsp3) is 0.400. The standard InChI is InChI=1S/C15H17FN2O2/c16-14-5-4-12(9-13(14)3-1-2-8-19)10-18-7-6-17-15(20)11-18/h4-5,9,19H,2,6-8,10-11H2,(H,17,20). The van der Waals surface area contributed by atoms with Crippen molar-refractivity contribution < 1.29 is 14.3 Å². The number of halogens is 1. The van der Waals surface area contributed by atoms with Crippen molar-refractivity contribution in [3.05, 3.63) is 35.1 Å². The zero-order valence-electron chi connectivity index (χ0n) is 11.2. The monoisotopic (exact) mass is 276 g/mol. The van der Waals surface area contributed by atoms with Gasteiger partial charge >= 0.3 is 0 Å². The highest BCUT2D eigenvalue weighted by Crippen LogP contribution is 2.12. The normalized spacial score (nSPS) is 15.4. The SMILES string of the molecule is O=C1CN(Cc2ccc(F)c(C#CCCO)c2)CCN1. The van der Waals surface area contributed by atoms with Crippen LogP contribution in [0.25, 0.3) is 0 Å². The van der Waals surface area contributed by atoms with Crippen molar-refractivity contribution in [2.75, 3.05) is 26.2 Å². The van der Waals surface area contributed by atoms with Crippen molar-refractivity contribution in [1.29, 1.82) is 0 Å². The first-order valence-corrected chi connectivity index (χ1v) is 6.56. The largest absolute Gasteiger partial charge is 0.395 e. The fourth-order valence-corrected chi connectivity index (χ4v) is 2.06. The van der Waals surface area contributed by atoms with E-state index in [9.17, 15) is 9.18 Å². The van der Waals surface area contributed by atoms with E-state index in [-0.39, 0.29) is 18.3 Å². The van der Waals surface area contributed by atoms with Crippen molar-refractivity contribution in [3.63, 3.8) is 0 Å². The Bertz CT molecular complexity index is 549. The summed E-state index contributed by atoms with van der Waals surface area (Å²) in [6.45, 7) is 2.36. The van der Waals surface area contributed by atoms with E-state index in [1.54, 1.807) is 12.1 Å². The van der Waals surface area contributed by atoms with E-state index in [1.807, 2.05) is 4.90 Å². The van der Waals surface area contributed by atoms with Crippen LogP contribution in [0.4, 0.5) is 4.39 Å². The molecule has 2 N–H and O–H groups in total. The van der Waals surface area contributed by atoms with E-state index < -0.39 is 0 Å². The predicted molar refractivity (Wildman–Crippen MR) is 73.3 cm³/mol. The van der Waals surface area contributed by atoms with Crippen LogP contribution < -0.4 is 5.32 Å². The van der Waals surface area contributed by atoms with Crippen LogP contribution in [0.5, 0.6) is 0 Å². The summed E-state index contributed by atoms with van der Waals surface area (Å²) in [4.78, 5) is 13.3. The maximum atomic E-state index is 13.6. The lowest BCUT2D eigenvalue weighted by Gasteiger charge is -2.26. The number of carbonyl (C=O) groups is 1. The molecule has 1 aliphatic heterocycles. The van der Waals surface area contributed by atoms with Gasteiger partial charge in [0.2, 0.25) is 5.91 Å². The summed E-state index contributed by atoms with van der Waals surface area (Å²) in [5, 5.41) is 11.4. The molecule has 4 nitrogen and oxygen atoms in total. The number of nitrogens with zero attached hydrogens (tertiary/aromatic N) is 1. The topological polar surface area (TPSA) is 52.6 Å². The predicted octanol–water partition coefficient (Wildman–Crippen LogP) is 0.491. The highest BCUT2D eigenvalue weighted by molar-refractivity contribution is 5.78. The molecule has 1 aromatic rings. The summed E-state index contributed by atoms with van der Waals surface area (Å²) in [5.74, 6) is 5.08. The quantitative estimate of drug-likeness (QED) is 0.790. The third-order valence-corrected chi connectivity index (χ3v) is 3.01. The Kier molecular flexibility index (Phi) is 5.10. The molecule has 0 aliphatic carbocycles. The Morgan fingerprint density at radius 1 is 1.45 bits per heavy atom. The molecule has 0 spiro atoms. The van der Waals surface area contributed by atoms with E-state index in [2.05, 4.69) is 17.2 Å². The maximum Gasteiger partial charge on any atom is 0.234 e. The molecular formula is C15H17FN2O2. The minimum Gasteiger partial charge on any atom is -0.395 e. The number of aliphatic hydroxyl groups excluding tert-OH is 1. The molecular weight excluding hydrogens is 259 g/mol. The van der Waals surface area contributed by atoms with Gasteiger partial charge in [-0.2, -0.15) is 0 Å². The van der Waals surface area contributed by atoms with Gasteiger partial charge in [0.15, 0.2) is 0 Å². The molecule has 1 fully saturated rings. The number of aliphatic hydroxyl groups is 1. The highest BCUT2D eigenvalue weighted by Gasteiger charge is 2.16. The van der Waals surface area contributed by atoms with Gasteiger partial charge in [-0.05, 0) is 17.7 Å². The van der Waals surface area contributed by atoms with E-state index >= 15 is 0 Å². The molecule has 0 saturated carbocycles. The van der Waals surface area contributed by atoms with Crippen molar-refractivity contribution in [2.45, 2.75) is 13.0 Å². The van der Waals surface area contributed by atoms with Gasteiger partial charge in [-0.25, -0.2) is 4.39 Å². The lowest BCUT2D eigenvalue weighted by Crippen LogP contribution is -2.47. The van der Waals surface area contributed by atoms with Gasteiger partial charge in [0.05, 0.1) is 18.7 Å². The third kappa shape index (κ3) is 4.05. The zero-order chi connectivity index (χ0) is 14.4.